The lowest BCUT2D eigenvalue weighted by molar-refractivity contribution is -0.137. The minimum atomic E-state index is 0. The minimum Gasteiger partial charge on any atom is -0.335 e. The third-order valence-electron chi connectivity index (χ3n) is 5.24. The van der Waals surface area contributed by atoms with Crippen LogP contribution in [0.1, 0.15) is 49.3 Å². The van der Waals surface area contributed by atoms with Gasteiger partial charge in [-0.25, -0.2) is 0 Å². The van der Waals surface area contributed by atoms with E-state index in [9.17, 15) is 4.79 Å². The predicted molar refractivity (Wildman–Crippen MR) is 92.0 cm³/mol. The number of likely N-dealkylation sites (tertiary alicyclic amines) is 1. The fourth-order valence-electron chi connectivity index (χ4n) is 4.11. The molecule has 1 aliphatic heterocycles. The third kappa shape index (κ3) is 3.31. The summed E-state index contributed by atoms with van der Waals surface area (Å²) in [5.74, 6) is 0.920. The zero-order valence-corrected chi connectivity index (χ0v) is 14.1. The average molecular weight is 323 g/mol. The molecule has 4 heteroatoms. The molecule has 1 unspecified atom stereocenters. The van der Waals surface area contributed by atoms with Crippen LogP contribution in [0.2, 0.25) is 0 Å². The molecule has 0 spiro atoms. The molecule has 3 nitrogen and oxygen atoms in total. The van der Waals surface area contributed by atoms with E-state index in [1.54, 1.807) is 0 Å². The zero-order chi connectivity index (χ0) is 14.8. The van der Waals surface area contributed by atoms with Crippen molar-refractivity contribution in [2.45, 2.75) is 45.1 Å². The van der Waals surface area contributed by atoms with E-state index in [0.717, 1.165) is 38.6 Å². The molecule has 3 atom stereocenters. The number of nitrogens with zero attached hydrogens (tertiary/aromatic N) is 1. The van der Waals surface area contributed by atoms with E-state index >= 15 is 0 Å². The normalized spacial score (nSPS) is 27.7. The maximum Gasteiger partial charge on any atom is 0.226 e. The molecule has 1 saturated carbocycles. The molecule has 0 bridgehead atoms. The molecule has 1 saturated heterocycles. The number of rotatable bonds is 3. The lowest BCUT2D eigenvalue weighted by Crippen LogP contribution is -2.38. The predicted octanol–water partition coefficient (Wildman–Crippen LogP) is 3.46. The van der Waals surface area contributed by atoms with Gasteiger partial charge in [-0.15, -0.1) is 12.4 Å². The summed E-state index contributed by atoms with van der Waals surface area (Å²) in [5, 5.41) is 0. The van der Waals surface area contributed by atoms with Crippen molar-refractivity contribution in [2.24, 2.45) is 17.6 Å². The molecule has 0 radical (unpaired) electrons. The van der Waals surface area contributed by atoms with Gasteiger partial charge in [-0.2, -0.15) is 0 Å². The van der Waals surface area contributed by atoms with Crippen LogP contribution in [-0.4, -0.2) is 23.9 Å². The lowest BCUT2D eigenvalue weighted by atomic mass is 9.93. The first-order valence-electron chi connectivity index (χ1n) is 8.28. The maximum absolute atomic E-state index is 13.0. The number of nitrogens with two attached hydrogens (primary N) is 1. The Kier molecular flexibility index (Phi) is 5.87. The highest BCUT2D eigenvalue weighted by atomic mass is 35.5. The van der Waals surface area contributed by atoms with Crippen LogP contribution in [0.25, 0.3) is 0 Å². The van der Waals surface area contributed by atoms with Gasteiger partial charge in [0.15, 0.2) is 0 Å². The Labute approximate surface area is 139 Å². The summed E-state index contributed by atoms with van der Waals surface area (Å²) in [5.41, 5.74) is 8.42. The third-order valence-corrected chi connectivity index (χ3v) is 5.24. The standard InChI is InChI=1S/C18H26N2O.ClH/c1-13-5-2-6-14(11-13)17-9-4-10-20(17)18(21)16-8-3-7-15(16)12-19;/h2,5-6,11,15-17H,3-4,7-10,12,19H2,1H3;1H/t15-,16-,17?;/m1./s1. The molecule has 1 aliphatic carbocycles. The molecular formula is C18H27ClN2O. The van der Waals surface area contributed by atoms with Crippen molar-refractivity contribution in [1.29, 1.82) is 0 Å². The highest BCUT2D eigenvalue weighted by molar-refractivity contribution is 5.85. The highest BCUT2D eigenvalue weighted by Gasteiger charge is 2.39. The van der Waals surface area contributed by atoms with Gasteiger partial charge in [0.05, 0.1) is 6.04 Å². The lowest BCUT2D eigenvalue weighted by Gasteiger charge is -2.30. The number of benzene rings is 1. The highest BCUT2D eigenvalue weighted by Crippen LogP contribution is 2.38. The van der Waals surface area contributed by atoms with Crippen molar-refractivity contribution in [1.82, 2.24) is 4.90 Å². The number of hydrogen-bond acceptors (Lipinski definition) is 2. The van der Waals surface area contributed by atoms with Gasteiger partial charge in [-0.3, -0.25) is 4.79 Å². The van der Waals surface area contributed by atoms with Gasteiger partial charge < -0.3 is 10.6 Å². The van der Waals surface area contributed by atoms with Crippen LogP contribution in [0.5, 0.6) is 0 Å². The van der Waals surface area contributed by atoms with E-state index in [-0.39, 0.29) is 24.4 Å². The molecule has 2 fully saturated rings. The second-order valence-electron chi connectivity index (χ2n) is 6.64. The molecule has 2 aliphatic rings. The van der Waals surface area contributed by atoms with Crippen LogP contribution >= 0.6 is 12.4 Å². The van der Waals surface area contributed by atoms with Gasteiger partial charge in [0.25, 0.3) is 0 Å². The Morgan fingerprint density at radius 1 is 1.27 bits per heavy atom. The second-order valence-corrected chi connectivity index (χ2v) is 6.64. The molecule has 0 aromatic heterocycles. The molecule has 122 valence electrons. The quantitative estimate of drug-likeness (QED) is 0.926. The molecule has 22 heavy (non-hydrogen) atoms. The monoisotopic (exact) mass is 322 g/mol. The van der Waals surface area contributed by atoms with E-state index in [1.807, 2.05) is 0 Å². The summed E-state index contributed by atoms with van der Waals surface area (Å²) in [6.07, 6.45) is 5.51. The van der Waals surface area contributed by atoms with Crippen molar-refractivity contribution in [3.63, 3.8) is 0 Å². The first-order valence-corrected chi connectivity index (χ1v) is 8.28. The number of carbonyl (C=O) groups is 1. The van der Waals surface area contributed by atoms with Gasteiger partial charge >= 0.3 is 0 Å². The van der Waals surface area contributed by atoms with E-state index in [1.165, 1.54) is 11.1 Å². The van der Waals surface area contributed by atoms with Gasteiger partial charge in [-0.1, -0.05) is 36.2 Å². The van der Waals surface area contributed by atoms with E-state index in [4.69, 9.17) is 5.73 Å². The van der Waals surface area contributed by atoms with Crippen LogP contribution in [-0.2, 0) is 4.79 Å². The topological polar surface area (TPSA) is 46.3 Å². The van der Waals surface area contributed by atoms with Gasteiger partial charge in [0.2, 0.25) is 5.91 Å². The number of amides is 1. The average Bonchev–Trinajstić information content (AvgIpc) is 3.15. The Balaban J connectivity index is 0.00000176. The first-order chi connectivity index (χ1) is 10.2. The first kappa shape index (κ1) is 17.3. The SMILES string of the molecule is Cc1cccc(C2CCCN2C(=O)[C@@H]2CCC[C@@H]2CN)c1.Cl. The Morgan fingerprint density at radius 2 is 2.09 bits per heavy atom. The Bertz CT molecular complexity index is 520. The summed E-state index contributed by atoms with van der Waals surface area (Å²) in [7, 11) is 0. The van der Waals surface area contributed by atoms with E-state index in [2.05, 4.69) is 36.1 Å². The largest absolute Gasteiger partial charge is 0.335 e. The van der Waals surface area contributed by atoms with Gasteiger partial charge in [0.1, 0.15) is 0 Å². The van der Waals surface area contributed by atoms with Crippen molar-refractivity contribution in [3.05, 3.63) is 35.4 Å². The summed E-state index contributed by atoms with van der Waals surface area (Å²) in [4.78, 5) is 15.1. The van der Waals surface area contributed by atoms with Crippen LogP contribution < -0.4 is 5.73 Å². The summed E-state index contributed by atoms with van der Waals surface area (Å²) < 4.78 is 0. The maximum atomic E-state index is 13.0. The smallest absolute Gasteiger partial charge is 0.226 e. The zero-order valence-electron chi connectivity index (χ0n) is 13.3. The molecule has 1 aromatic rings. The molecule has 1 amide bonds. The molecule has 3 rings (SSSR count). The Hall–Kier alpha value is -1.06. The number of halogens is 1. The minimum absolute atomic E-state index is 0. The molecule has 1 heterocycles. The van der Waals surface area contributed by atoms with Crippen LogP contribution in [0, 0.1) is 18.8 Å². The van der Waals surface area contributed by atoms with Crippen LogP contribution in [0.15, 0.2) is 24.3 Å². The van der Waals surface area contributed by atoms with E-state index in [0.29, 0.717) is 18.4 Å². The summed E-state index contributed by atoms with van der Waals surface area (Å²) >= 11 is 0. The molecule has 2 N–H and O–H groups in total. The number of aryl methyl sites for hydroxylation is 1. The Morgan fingerprint density at radius 3 is 2.82 bits per heavy atom. The second kappa shape index (κ2) is 7.47. The van der Waals surface area contributed by atoms with E-state index < -0.39 is 0 Å². The van der Waals surface area contributed by atoms with Gasteiger partial charge in [0, 0.05) is 12.5 Å². The summed E-state index contributed by atoms with van der Waals surface area (Å²) in [6, 6.07) is 8.89. The van der Waals surface area contributed by atoms with Gasteiger partial charge in [-0.05, 0) is 50.6 Å². The fourth-order valence-corrected chi connectivity index (χ4v) is 4.11. The van der Waals surface area contributed by atoms with Crippen molar-refractivity contribution in [3.8, 4) is 0 Å². The summed E-state index contributed by atoms with van der Waals surface area (Å²) in [6.45, 7) is 3.68. The van der Waals surface area contributed by atoms with Crippen molar-refractivity contribution >= 4 is 18.3 Å². The fraction of sp³-hybridized carbons (Fsp3) is 0.611. The van der Waals surface area contributed by atoms with Crippen molar-refractivity contribution in [2.75, 3.05) is 13.1 Å². The molecule has 1 aromatic carbocycles. The van der Waals surface area contributed by atoms with Crippen molar-refractivity contribution < 1.29 is 4.79 Å². The molecular weight excluding hydrogens is 296 g/mol. The number of hydrogen-bond donors (Lipinski definition) is 1. The van der Waals surface area contributed by atoms with Crippen LogP contribution in [0.3, 0.4) is 0 Å². The van der Waals surface area contributed by atoms with Crippen LogP contribution in [0.4, 0.5) is 0 Å². The number of carbonyl (C=O) groups excluding carboxylic acids is 1.